The number of carboxylic acid groups (broad SMARTS) is 1. The molecule has 0 saturated heterocycles. The number of sulfone groups is 1. The molecule has 1 fully saturated rings. The number of nitro benzene ring substituents is 2. The third kappa shape index (κ3) is 11.2. The first-order chi connectivity index (χ1) is 26.5. The van der Waals surface area contributed by atoms with Gasteiger partial charge in [-0.05, 0) is 75.4 Å². The lowest BCUT2D eigenvalue weighted by Gasteiger charge is -2.17. The van der Waals surface area contributed by atoms with Crippen molar-refractivity contribution in [3.8, 4) is 5.75 Å². The molecule has 1 heterocycles. The predicted octanol–water partition coefficient (Wildman–Crippen LogP) is 9.63. The first kappa shape index (κ1) is 46.1. The van der Waals surface area contributed by atoms with E-state index in [0.717, 1.165) is 38.0 Å². The standard InChI is InChI=1S/C15H12F3NO4S.C13H19N3O4.C8H6Cl2O3/c1-24(21,22)12-6-9(15(16,17)18)4-5-10(12)13(20)11-7-19-23-14(11)8-2-3-8;1-5-10(6-2)14-12-11(15(17)18)7-8(3)9(4)13(12)16(19)20;1-13-7-5(10)3-2-4(9)6(7)8(11)12/h4-8H,2-3H2,1H3;7,10,14H,5-6H2,1-4H3;2-3H,1H3,(H,11,12). The van der Waals surface area contributed by atoms with E-state index in [2.05, 4.69) is 10.5 Å². The number of carbonyl (C=O) groups excluding carboxylic acids is 1. The van der Waals surface area contributed by atoms with Crippen LogP contribution in [0, 0.1) is 34.1 Å². The van der Waals surface area contributed by atoms with Crippen molar-refractivity contribution in [3.63, 3.8) is 0 Å². The molecule has 1 aromatic heterocycles. The third-order valence-electron chi connectivity index (χ3n) is 8.73. The molecule has 1 aliphatic carbocycles. The smallest absolute Gasteiger partial charge is 0.416 e. The van der Waals surface area contributed by atoms with Gasteiger partial charge in [-0.15, -0.1) is 0 Å². The summed E-state index contributed by atoms with van der Waals surface area (Å²) in [6.45, 7) is 7.10. The van der Waals surface area contributed by atoms with Crippen LogP contribution in [-0.4, -0.2) is 59.7 Å². The van der Waals surface area contributed by atoms with E-state index in [1.807, 2.05) is 13.8 Å². The summed E-state index contributed by atoms with van der Waals surface area (Å²) in [6, 6.07) is 6.29. The number of halogens is 5. The van der Waals surface area contributed by atoms with Crippen molar-refractivity contribution in [2.45, 2.75) is 76.4 Å². The van der Waals surface area contributed by atoms with Gasteiger partial charge in [-0.1, -0.05) is 42.2 Å². The number of anilines is 1. The van der Waals surface area contributed by atoms with Crippen LogP contribution in [0.5, 0.6) is 5.75 Å². The number of alkyl halides is 3. The summed E-state index contributed by atoms with van der Waals surface area (Å²) in [7, 11) is -2.70. The number of nitro groups is 2. The van der Waals surface area contributed by atoms with E-state index in [9.17, 15) is 51.4 Å². The Bertz CT molecular complexity index is 2290. The van der Waals surface area contributed by atoms with Crippen LogP contribution in [0.25, 0.3) is 0 Å². The molecule has 0 amide bonds. The molecule has 0 atom stereocenters. The van der Waals surface area contributed by atoms with Crippen molar-refractivity contribution in [2.75, 3.05) is 18.7 Å². The summed E-state index contributed by atoms with van der Waals surface area (Å²) in [5, 5.41) is 38.1. The molecular weight excluding hydrogens is 824 g/mol. The van der Waals surface area contributed by atoms with E-state index < -0.39 is 48.1 Å². The SMILES string of the molecule is CCC(CC)Nc1c([N+](=O)[O-])cc(C)c(C)c1[N+](=O)[O-].COc1c(Cl)ccc(Cl)c1C(=O)O.CS(=O)(=O)c1cc(C(F)(F)F)ccc1C(=O)c1cnoc1C1CC1. The van der Waals surface area contributed by atoms with E-state index >= 15 is 0 Å². The second-order valence-corrected chi connectivity index (χ2v) is 15.5. The summed E-state index contributed by atoms with van der Waals surface area (Å²) >= 11 is 11.4. The highest BCUT2D eigenvalue weighted by Crippen LogP contribution is 2.43. The number of hydrogen-bond donors (Lipinski definition) is 2. The Labute approximate surface area is 334 Å². The number of methoxy groups -OCH3 is 1. The summed E-state index contributed by atoms with van der Waals surface area (Å²) in [4.78, 5) is 44.0. The fraction of sp³-hybridized carbons (Fsp3) is 0.361. The van der Waals surface area contributed by atoms with Crippen LogP contribution in [0.3, 0.4) is 0 Å². The summed E-state index contributed by atoms with van der Waals surface area (Å²) in [5.41, 5.74) is -0.929. The zero-order chi connectivity index (χ0) is 43.2. The highest BCUT2D eigenvalue weighted by Gasteiger charge is 2.36. The first-order valence-corrected chi connectivity index (χ1v) is 19.5. The zero-order valence-corrected chi connectivity index (χ0v) is 33.5. The lowest BCUT2D eigenvalue weighted by Crippen LogP contribution is -2.19. The Balaban J connectivity index is 0.000000240. The Morgan fingerprint density at radius 1 is 1.04 bits per heavy atom. The van der Waals surface area contributed by atoms with E-state index in [-0.39, 0.29) is 61.5 Å². The highest BCUT2D eigenvalue weighted by molar-refractivity contribution is 7.90. The van der Waals surface area contributed by atoms with Crippen molar-refractivity contribution < 1.29 is 55.4 Å². The predicted molar refractivity (Wildman–Crippen MR) is 204 cm³/mol. The molecule has 1 aliphatic rings. The number of aromatic nitrogens is 1. The van der Waals surface area contributed by atoms with Crippen LogP contribution < -0.4 is 10.1 Å². The molecule has 5 rings (SSSR count). The second kappa shape index (κ2) is 18.8. The molecule has 1 saturated carbocycles. The molecule has 0 unspecified atom stereocenters. The molecule has 3 aromatic carbocycles. The maximum absolute atomic E-state index is 12.8. The largest absolute Gasteiger partial charge is 0.494 e. The van der Waals surface area contributed by atoms with Gasteiger partial charge in [-0.3, -0.25) is 25.0 Å². The van der Waals surface area contributed by atoms with Crippen LogP contribution in [0.2, 0.25) is 10.0 Å². The van der Waals surface area contributed by atoms with Crippen molar-refractivity contribution in [1.82, 2.24) is 5.16 Å². The van der Waals surface area contributed by atoms with Gasteiger partial charge in [0.15, 0.2) is 32.8 Å². The number of nitrogens with one attached hydrogen (secondary N) is 1. The van der Waals surface area contributed by atoms with Crippen LogP contribution in [0.15, 0.2) is 52.0 Å². The number of carboxylic acids is 1. The fourth-order valence-corrected chi connectivity index (χ4v) is 6.79. The molecule has 2 N–H and O–H groups in total. The van der Waals surface area contributed by atoms with E-state index in [1.165, 1.54) is 31.5 Å². The molecule has 0 bridgehead atoms. The van der Waals surface area contributed by atoms with Crippen molar-refractivity contribution in [2.24, 2.45) is 0 Å². The van der Waals surface area contributed by atoms with Gasteiger partial charge in [0.25, 0.3) is 5.69 Å². The molecular formula is C36H37Cl2F3N4O11S. The number of nitrogens with zero attached hydrogens (tertiary/aromatic N) is 3. The lowest BCUT2D eigenvalue weighted by molar-refractivity contribution is -0.392. The number of carbonyl (C=O) groups is 2. The number of benzene rings is 3. The number of rotatable bonds is 12. The van der Waals surface area contributed by atoms with Crippen LogP contribution in [-0.2, 0) is 16.0 Å². The minimum absolute atomic E-state index is 0.0109. The molecule has 57 heavy (non-hydrogen) atoms. The van der Waals surface area contributed by atoms with E-state index in [4.69, 9.17) is 37.6 Å². The monoisotopic (exact) mass is 860 g/mol. The Hall–Kier alpha value is -5.27. The minimum atomic E-state index is -4.71. The number of aryl methyl sites for hydroxylation is 1. The zero-order valence-electron chi connectivity index (χ0n) is 31.2. The van der Waals surface area contributed by atoms with Gasteiger partial charge < -0.3 is 19.7 Å². The van der Waals surface area contributed by atoms with Crippen molar-refractivity contribution >= 4 is 61.9 Å². The minimum Gasteiger partial charge on any atom is -0.494 e. The summed E-state index contributed by atoms with van der Waals surface area (Å²) in [5.74, 6) is -1.40. The maximum Gasteiger partial charge on any atom is 0.416 e. The Morgan fingerprint density at radius 2 is 1.63 bits per heavy atom. The molecule has 21 heteroatoms. The van der Waals surface area contributed by atoms with Crippen molar-refractivity contribution in [1.29, 1.82) is 0 Å². The quantitative estimate of drug-likeness (QED) is 0.0770. The van der Waals surface area contributed by atoms with Gasteiger partial charge in [-0.2, -0.15) is 13.2 Å². The van der Waals surface area contributed by atoms with Crippen molar-refractivity contribution in [3.05, 3.63) is 112 Å². The average Bonchev–Trinajstić information content (AvgIpc) is 3.86. The molecule has 0 spiro atoms. The first-order valence-electron chi connectivity index (χ1n) is 16.8. The molecule has 0 radical (unpaired) electrons. The van der Waals surface area contributed by atoms with Gasteiger partial charge in [0, 0.05) is 35.4 Å². The topological polar surface area (TPSA) is 222 Å². The maximum atomic E-state index is 12.8. The third-order valence-corrected chi connectivity index (χ3v) is 10.5. The number of ether oxygens (including phenoxy) is 1. The normalized spacial score (nSPS) is 12.5. The summed E-state index contributed by atoms with van der Waals surface area (Å²) < 4.78 is 72.1. The number of ketones is 1. The van der Waals surface area contributed by atoms with Gasteiger partial charge in [-0.25, -0.2) is 13.2 Å². The van der Waals surface area contributed by atoms with Gasteiger partial charge in [0.1, 0.15) is 5.56 Å². The number of aromatic carboxylic acids is 1. The number of hydrogen-bond acceptors (Lipinski definition) is 12. The van der Waals surface area contributed by atoms with Crippen LogP contribution in [0.1, 0.15) is 94.2 Å². The van der Waals surface area contributed by atoms with Gasteiger partial charge in [0.2, 0.25) is 0 Å². The molecule has 15 nitrogen and oxygen atoms in total. The highest BCUT2D eigenvalue weighted by atomic mass is 35.5. The van der Waals surface area contributed by atoms with E-state index in [0.29, 0.717) is 29.0 Å². The fourth-order valence-electron chi connectivity index (χ4n) is 5.42. The molecule has 0 aliphatic heterocycles. The molecule has 308 valence electrons. The Morgan fingerprint density at radius 3 is 2.09 bits per heavy atom. The summed E-state index contributed by atoms with van der Waals surface area (Å²) in [6.07, 6.45) is 0.324. The van der Waals surface area contributed by atoms with Crippen LogP contribution >= 0.6 is 23.2 Å². The van der Waals surface area contributed by atoms with E-state index in [1.54, 1.807) is 13.8 Å². The van der Waals surface area contributed by atoms with Crippen LogP contribution in [0.4, 0.5) is 30.2 Å². The second-order valence-electron chi connectivity index (χ2n) is 12.7. The average molecular weight is 862 g/mol. The molecule has 4 aromatic rings. The lowest BCUT2D eigenvalue weighted by atomic mass is 10.0. The van der Waals surface area contributed by atoms with Gasteiger partial charge >= 0.3 is 17.8 Å². The van der Waals surface area contributed by atoms with Gasteiger partial charge in [0.05, 0.1) is 49.2 Å². The Kier molecular flexibility index (Phi) is 15.2.